The Hall–Kier alpha value is -2.71. The highest BCUT2D eigenvalue weighted by Crippen LogP contribution is 2.33. The Bertz CT molecular complexity index is 1050. The predicted octanol–water partition coefficient (Wildman–Crippen LogP) is 5.28. The highest BCUT2D eigenvalue weighted by atomic mass is 35.5. The van der Waals surface area contributed by atoms with Crippen LogP contribution >= 0.6 is 11.6 Å². The number of piperazine rings is 1. The lowest BCUT2D eigenvalue weighted by Gasteiger charge is -2.35. The van der Waals surface area contributed by atoms with Crippen molar-refractivity contribution in [2.45, 2.75) is 12.7 Å². The molecule has 3 aromatic rings. The van der Waals surface area contributed by atoms with Gasteiger partial charge in [-0.25, -0.2) is 9.37 Å². The molecule has 0 saturated carbocycles. The normalized spacial score (nSPS) is 15.3. The molecule has 9 heteroatoms. The molecule has 1 fully saturated rings. The fourth-order valence-corrected chi connectivity index (χ4v) is 3.85. The molecular weight excluding hydrogens is 432 g/mol. The Morgan fingerprint density at radius 1 is 0.903 bits per heavy atom. The third kappa shape index (κ3) is 5.14. The van der Waals surface area contributed by atoms with Crippen LogP contribution in [0.4, 0.5) is 23.4 Å². The Morgan fingerprint density at radius 3 is 2.26 bits per heavy atom. The molecule has 3 heterocycles. The van der Waals surface area contributed by atoms with Gasteiger partial charge in [0.15, 0.2) is 0 Å². The van der Waals surface area contributed by atoms with Gasteiger partial charge >= 0.3 is 6.18 Å². The first-order valence-electron chi connectivity index (χ1n) is 9.69. The fourth-order valence-electron chi connectivity index (χ4n) is 3.57. The van der Waals surface area contributed by atoms with Crippen molar-refractivity contribution in [1.29, 1.82) is 0 Å². The van der Waals surface area contributed by atoms with Crippen LogP contribution in [0.3, 0.4) is 0 Å². The predicted molar refractivity (Wildman–Crippen MR) is 111 cm³/mol. The van der Waals surface area contributed by atoms with E-state index in [1.54, 1.807) is 24.5 Å². The Labute approximate surface area is 182 Å². The van der Waals surface area contributed by atoms with E-state index < -0.39 is 11.7 Å². The van der Waals surface area contributed by atoms with Gasteiger partial charge in [-0.05, 0) is 35.4 Å². The second-order valence-electron chi connectivity index (χ2n) is 7.38. The second-order valence-corrected chi connectivity index (χ2v) is 7.79. The third-order valence-corrected chi connectivity index (χ3v) is 5.48. The maximum atomic E-state index is 13.2. The van der Waals surface area contributed by atoms with Gasteiger partial charge in [-0.3, -0.25) is 9.88 Å². The smallest absolute Gasteiger partial charge is 0.353 e. The van der Waals surface area contributed by atoms with Crippen LogP contribution < -0.4 is 4.90 Å². The van der Waals surface area contributed by atoms with E-state index in [9.17, 15) is 17.6 Å². The number of halogens is 5. The average Bonchev–Trinajstić information content (AvgIpc) is 2.74. The van der Waals surface area contributed by atoms with Crippen molar-refractivity contribution < 1.29 is 17.6 Å². The minimum Gasteiger partial charge on any atom is -0.353 e. The molecule has 1 aliphatic rings. The van der Waals surface area contributed by atoms with Crippen molar-refractivity contribution in [3.8, 4) is 11.1 Å². The third-order valence-electron chi connectivity index (χ3n) is 5.20. The summed E-state index contributed by atoms with van der Waals surface area (Å²) in [5, 5.41) is -0.000487. The zero-order valence-corrected chi connectivity index (χ0v) is 17.2. The van der Waals surface area contributed by atoms with Gasteiger partial charge in [-0.1, -0.05) is 23.7 Å². The lowest BCUT2D eigenvalue weighted by atomic mass is 10.1. The molecule has 0 amide bonds. The minimum absolute atomic E-state index is 0.000487. The Balaban J connectivity index is 1.39. The molecule has 0 N–H and O–H groups in total. The van der Waals surface area contributed by atoms with Gasteiger partial charge < -0.3 is 4.90 Å². The molecule has 4 rings (SSSR count). The van der Waals surface area contributed by atoms with Gasteiger partial charge in [0.2, 0.25) is 0 Å². The molecule has 31 heavy (non-hydrogen) atoms. The first-order chi connectivity index (χ1) is 14.8. The van der Waals surface area contributed by atoms with Crippen molar-refractivity contribution in [2.75, 3.05) is 31.1 Å². The zero-order valence-electron chi connectivity index (χ0n) is 16.4. The van der Waals surface area contributed by atoms with E-state index in [-0.39, 0.29) is 10.8 Å². The summed E-state index contributed by atoms with van der Waals surface area (Å²) in [6.45, 7) is 3.30. The number of benzene rings is 1. The molecule has 4 nitrogen and oxygen atoms in total. The van der Waals surface area contributed by atoms with Crippen molar-refractivity contribution >= 4 is 17.4 Å². The van der Waals surface area contributed by atoms with Gasteiger partial charge in [0, 0.05) is 56.9 Å². The first-order valence-corrected chi connectivity index (χ1v) is 10.1. The molecule has 0 unspecified atom stereocenters. The summed E-state index contributed by atoms with van der Waals surface area (Å²) in [5.74, 6) is 0.0858. The quantitative estimate of drug-likeness (QED) is 0.506. The molecule has 1 aromatic carbocycles. The summed E-state index contributed by atoms with van der Waals surface area (Å²) in [4.78, 5) is 12.4. The van der Waals surface area contributed by atoms with Crippen LogP contribution in [-0.2, 0) is 12.7 Å². The van der Waals surface area contributed by atoms with Crippen molar-refractivity contribution in [1.82, 2.24) is 14.9 Å². The van der Waals surface area contributed by atoms with Crippen LogP contribution in [0.1, 0.15) is 11.1 Å². The number of hydrogen-bond acceptors (Lipinski definition) is 4. The highest BCUT2D eigenvalue weighted by Gasteiger charge is 2.32. The van der Waals surface area contributed by atoms with Crippen molar-refractivity contribution in [3.63, 3.8) is 0 Å². The summed E-state index contributed by atoms with van der Waals surface area (Å²) >= 11 is 6.07. The number of rotatable bonds is 4. The monoisotopic (exact) mass is 450 g/mol. The maximum absolute atomic E-state index is 13.2. The number of aromatic nitrogens is 2. The van der Waals surface area contributed by atoms with Crippen LogP contribution in [0, 0.1) is 5.82 Å². The molecular formula is C22H19ClF4N4. The fraction of sp³-hybridized carbons (Fsp3) is 0.273. The number of pyridine rings is 2. The van der Waals surface area contributed by atoms with Gasteiger partial charge in [0.25, 0.3) is 0 Å². The number of hydrogen-bond donors (Lipinski definition) is 0. The number of anilines is 1. The van der Waals surface area contributed by atoms with Gasteiger partial charge in [-0.15, -0.1) is 0 Å². The van der Waals surface area contributed by atoms with E-state index in [2.05, 4.69) is 14.9 Å². The highest BCUT2D eigenvalue weighted by molar-refractivity contribution is 6.33. The van der Waals surface area contributed by atoms with E-state index in [1.165, 1.54) is 12.1 Å². The van der Waals surface area contributed by atoms with Gasteiger partial charge in [-0.2, -0.15) is 13.2 Å². The van der Waals surface area contributed by atoms with Crippen molar-refractivity contribution in [2.24, 2.45) is 0 Å². The summed E-state index contributed by atoms with van der Waals surface area (Å²) in [6.07, 6.45) is -0.106. The molecule has 0 radical (unpaired) electrons. The van der Waals surface area contributed by atoms with Gasteiger partial charge in [0.1, 0.15) is 11.6 Å². The van der Waals surface area contributed by atoms with E-state index >= 15 is 0 Å². The van der Waals surface area contributed by atoms with E-state index in [0.717, 1.165) is 29.0 Å². The molecule has 0 aliphatic carbocycles. The molecule has 0 atom stereocenters. The van der Waals surface area contributed by atoms with E-state index in [4.69, 9.17) is 11.6 Å². The second kappa shape index (κ2) is 8.80. The largest absolute Gasteiger partial charge is 0.417 e. The molecule has 0 bridgehead atoms. The standard InChI is InChI=1S/C22H19ClF4N4/c23-20-10-18(22(25,26)27)13-29-21(20)31-7-5-30(6-8-31)14-15-9-17(12-28-11-15)16-1-3-19(24)4-2-16/h1-4,9-13H,5-8,14H2. The minimum atomic E-state index is -4.47. The molecule has 162 valence electrons. The van der Waals surface area contributed by atoms with Crippen LogP contribution in [-0.4, -0.2) is 41.0 Å². The maximum Gasteiger partial charge on any atom is 0.417 e. The summed E-state index contributed by atoms with van der Waals surface area (Å²) in [6, 6.07) is 9.22. The molecule has 0 spiro atoms. The lowest BCUT2D eigenvalue weighted by Crippen LogP contribution is -2.46. The van der Waals surface area contributed by atoms with E-state index in [1.807, 2.05) is 11.0 Å². The first kappa shape index (κ1) is 21.5. The Kier molecular flexibility index (Phi) is 6.11. The molecule has 1 aliphatic heterocycles. The van der Waals surface area contributed by atoms with Crippen molar-refractivity contribution in [3.05, 3.63) is 77.0 Å². The van der Waals surface area contributed by atoms with Crippen LogP contribution in [0.5, 0.6) is 0 Å². The number of alkyl halides is 3. The topological polar surface area (TPSA) is 32.3 Å². The zero-order chi connectivity index (χ0) is 22.0. The van der Waals surface area contributed by atoms with Crippen LogP contribution in [0.2, 0.25) is 5.02 Å². The van der Waals surface area contributed by atoms with Gasteiger partial charge in [0.05, 0.1) is 10.6 Å². The van der Waals surface area contributed by atoms with Crippen LogP contribution in [0.25, 0.3) is 11.1 Å². The molecule has 2 aromatic heterocycles. The van der Waals surface area contributed by atoms with E-state index in [0.29, 0.717) is 38.5 Å². The summed E-state index contributed by atoms with van der Waals surface area (Å²) in [5.41, 5.74) is 1.98. The summed E-state index contributed by atoms with van der Waals surface area (Å²) in [7, 11) is 0. The molecule has 1 saturated heterocycles. The average molecular weight is 451 g/mol. The SMILES string of the molecule is Fc1ccc(-c2cncc(CN3CCN(c4ncc(C(F)(F)F)cc4Cl)CC3)c2)cc1. The van der Waals surface area contributed by atoms with Crippen LogP contribution in [0.15, 0.2) is 55.0 Å². The lowest BCUT2D eigenvalue weighted by molar-refractivity contribution is -0.137. The summed E-state index contributed by atoms with van der Waals surface area (Å²) < 4.78 is 51.6. The Morgan fingerprint density at radius 2 is 1.61 bits per heavy atom. The number of nitrogens with zero attached hydrogens (tertiary/aromatic N) is 4.